The lowest BCUT2D eigenvalue weighted by Gasteiger charge is -2.23. The second-order valence-corrected chi connectivity index (χ2v) is 4.56. The molecule has 2 amide bonds. The van der Waals surface area contributed by atoms with Crippen LogP contribution in [0.4, 0.5) is 20.6 Å². The van der Waals surface area contributed by atoms with Gasteiger partial charge in [0.15, 0.2) is 5.82 Å². The van der Waals surface area contributed by atoms with Gasteiger partial charge in [0.2, 0.25) is 0 Å². The summed E-state index contributed by atoms with van der Waals surface area (Å²) in [5, 5.41) is 10.6. The Morgan fingerprint density at radius 3 is 2.65 bits per heavy atom. The van der Waals surface area contributed by atoms with E-state index in [0.29, 0.717) is 38.3 Å². The lowest BCUT2D eigenvalue weighted by atomic mass is 10.2. The molecule has 1 aromatic carbocycles. The second kappa shape index (κ2) is 5.72. The van der Waals surface area contributed by atoms with Crippen LogP contribution in [0.15, 0.2) is 18.2 Å². The quantitative estimate of drug-likeness (QED) is 0.654. The fraction of sp³-hybridized carbons (Fsp3) is 0.417. The van der Waals surface area contributed by atoms with Crippen LogP contribution in [0.1, 0.15) is 6.42 Å². The number of rotatable bonds is 2. The normalized spacial score (nSPS) is 15.8. The number of hydrogen-bond donors (Lipinski definition) is 1. The molecule has 0 unspecified atom stereocenters. The minimum atomic E-state index is -0.635. The standard InChI is InChI=1S/C12H15FN4O3/c13-10-8-9(17(19)20)2-3-11(10)15-4-1-5-16(7-6-15)12(14)18/h2-3,8H,1,4-7H2,(H2,14,18). The van der Waals surface area contributed by atoms with Gasteiger partial charge >= 0.3 is 6.03 Å². The van der Waals surface area contributed by atoms with E-state index in [1.54, 1.807) is 4.90 Å². The molecule has 1 aliphatic rings. The van der Waals surface area contributed by atoms with Crippen LogP contribution in [-0.2, 0) is 0 Å². The van der Waals surface area contributed by atoms with Gasteiger partial charge in [-0.15, -0.1) is 0 Å². The van der Waals surface area contributed by atoms with Crippen LogP contribution in [0, 0.1) is 15.9 Å². The molecular formula is C12H15FN4O3. The number of nitro benzene ring substituents is 1. The summed E-state index contributed by atoms with van der Waals surface area (Å²) < 4.78 is 13.9. The largest absolute Gasteiger partial charge is 0.367 e. The van der Waals surface area contributed by atoms with E-state index in [0.717, 1.165) is 6.07 Å². The molecule has 7 nitrogen and oxygen atoms in total. The summed E-state index contributed by atoms with van der Waals surface area (Å²) in [6.07, 6.45) is 0.666. The number of nitrogens with two attached hydrogens (primary N) is 1. The molecule has 1 aromatic rings. The third kappa shape index (κ3) is 2.95. The predicted octanol–water partition coefficient (Wildman–Crippen LogP) is 1.32. The van der Waals surface area contributed by atoms with Gasteiger partial charge in [-0.3, -0.25) is 10.1 Å². The van der Waals surface area contributed by atoms with Crippen molar-refractivity contribution in [2.75, 3.05) is 31.1 Å². The topological polar surface area (TPSA) is 92.7 Å². The molecule has 0 aliphatic carbocycles. The number of amides is 2. The van der Waals surface area contributed by atoms with Crippen LogP contribution < -0.4 is 10.6 Å². The SMILES string of the molecule is NC(=O)N1CCCN(c2ccc([N+](=O)[O-])cc2F)CC1. The van der Waals surface area contributed by atoms with Crippen molar-refractivity contribution in [2.45, 2.75) is 6.42 Å². The summed E-state index contributed by atoms with van der Waals surface area (Å²) in [4.78, 5) is 24.3. The molecule has 1 fully saturated rings. The van der Waals surface area contributed by atoms with Crippen molar-refractivity contribution < 1.29 is 14.1 Å². The highest BCUT2D eigenvalue weighted by Crippen LogP contribution is 2.25. The first-order valence-corrected chi connectivity index (χ1v) is 6.22. The highest BCUT2D eigenvalue weighted by Gasteiger charge is 2.20. The van der Waals surface area contributed by atoms with Crippen molar-refractivity contribution in [3.63, 3.8) is 0 Å². The maximum Gasteiger partial charge on any atom is 0.314 e. The van der Waals surface area contributed by atoms with Crippen LogP contribution in [0.2, 0.25) is 0 Å². The van der Waals surface area contributed by atoms with Gasteiger partial charge in [-0.25, -0.2) is 9.18 Å². The van der Waals surface area contributed by atoms with E-state index in [2.05, 4.69) is 0 Å². The third-order valence-corrected chi connectivity index (χ3v) is 3.29. The van der Waals surface area contributed by atoms with Crippen LogP contribution in [0.3, 0.4) is 0 Å². The maximum atomic E-state index is 13.9. The molecule has 1 saturated heterocycles. The van der Waals surface area contributed by atoms with E-state index in [4.69, 9.17) is 5.73 Å². The van der Waals surface area contributed by atoms with Gasteiger partial charge in [-0.05, 0) is 12.5 Å². The number of urea groups is 1. The minimum Gasteiger partial charge on any atom is -0.367 e. The average Bonchev–Trinajstić information content (AvgIpc) is 2.64. The molecule has 8 heteroatoms. The first kappa shape index (κ1) is 14.0. The molecule has 0 bridgehead atoms. The highest BCUT2D eigenvalue weighted by atomic mass is 19.1. The summed E-state index contributed by atoms with van der Waals surface area (Å²) in [6, 6.07) is 3.09. The van der Waals surface area contributed by atoms with Crippen molar-refractivity contribution in [2.24, 2.45) is 5.73 Å². The Balaban J connectivity index is 2.15. The number of nitro groups is 1. The number of carbonyl (C=O) groups excluding carboxylic acids is 1. The number of anilines is 1. The Bertz CT molecular complexity index is 537. The van der Waals surface area contributed by atoms with Gasteiger partial charge < -0.3 is 15.5 Å². The zero-order valence-electron chi connectivity index (χ0n) is 10.8. The Morgan fingerprint density at radius 1 is 1.30 bits per heavy atom. The lowest BCUT2D eigenvalue weighted by molar-refractivity contribution is -0.385. The molecule has 0 saturated carbocycles. The molecule has 0 radical (unpaired) electrons. The van der Waals surface area contributed by atoms with Crippen LogP contribution in [-0.4, -0.2) is 42.0 Å². The molecule has 108 valence electrons. The Morgan fingerprint density at radius 2 is 2.05 bits per heavy atom. The molecule has 0 aromatic heterocycles. The molecular weight excluding hydrogens is 267 g/mol. The van der Waals surface area contributed by atoms with Crippen LogP contribution in [0.25, 0.3) is 0 Å². The zero-order chi connectivity index (χ0) is 14.7. The first-order valence-electron chi connectivity index (χ1n) is 6.22. The van der Waals surface area contributed by atoms with E-state index < -0.39 is 16.8 Å². The summed E-state index contributed by atoms with van der Waals surface area (Å²) in [5.74, 6) is -0.633. The van der Waals surface area contributed by atoms with E-state index in [9.17, 15) is 19.3 Å². The fourth-order valence-corrected chi connectivity index (χ4v) is 2.24. The summed E-state index contributed by atoms with van der Waals surface area (Å²) >= 11 is 0. The molecule has 0 atom stereocenters. The summed E-state index contributed by atoms with van der Waals surface area (Å²) in [7, 11) is 0. The van der Waals surface area contributed by atoms with Crippen molar-refractivity contribution in [1.29, 1.82) is 0 Å². The van der Waals surface area contributed by atoms with Crippen molar-refractivity contribution in [3.05, 3.63) is 34.1 Å². The lowest BCUT2D eigenvalue weighted by Crippen LogP contribution is -2.38. The highest BCUT2D eigenvalue weighted by molar-refractivity contribution is 5.72. The summed E-state index contributed by atoms with van der Waals surface area (Å²) in [5.41, 5.74) is 5.25. The monoisotopic (exact) mass is 282 g/mol. The van der Waals surface area contributed by atoms with Crippen molar-refractivity contribution >= 4 is 17.4 Å². The first-order chi connectivity index (χ1) is 9.49. The van der Waals surface area contributed by atoms with Gasteiger partial charge in [-0.1, -0.05) is 0 Å². The Kier molecular flexibility index (Phi) is 4.02. The van der Waals surface area contributed by atoms with E-state index in [1.807, 2.05) is 0 Å². The van der Waals surface area contributed by atoms with Gasteiger partial charge in [0.05, 0.1) is 16.7 Å². The Labute approximate surface area is 114 Å². The number of carbonyl (C=O) groups is 1. The molecule has 0 spiro atoms. The van der Waals surface area contributed by atoms with Crippen molar-refractivity contribution in [1.82, 2.24) is 4.90 Å². The number of halogens is 1. The molecule has 2 rings (SSSR count). The van der Waals surface area contributed by atoms with Gasteiger partial charge in [-0.2, -0.15) is 0 Å². The Hall–Kier alpha value is -2.38. The number of hydrogen-bond acceptors (Lipinski definition) is 4. The number of benzene rings is 1. The smallest absolute Gasteiger partial charge is 0.314 e. The fourth-order valence-electron chi connectivity index (χ4n) is 2.24. The van der Waals surface area contributed by atoms with Gasteiger partial charge in [0, 0.05) is 32.2 Å². The number of primary amides is 1. The molecule has 2 N–H and O–H groups in total. The minimum absolute atomic E-state index is 0.278. The van der Waals surface area contributed by atoms with Crippen LogP contribution in [0.5, 0.6) is 0 Å². The maximum absolute atomic E-state index is 13.9. The average molecular weight is 282 g/mol. The van der Waals surface area contributed by atoms with E-state index in [1.165, 1.54) is 17.0 Å². The third-order valence-electron chi connectivity index (χ3n) is 3.29. The zero-order valence-corrected chi connectivity index (χ0v) is 10.8. The van der Waals surface area contributed by atoms with Gasteiger partial charge in [0.25, 0.3) is 5.69 Å². The van der Waals surface area contributed by atoms with E-state index in [-0.39, 0.29) is 5.69 Å². The second-order valence-electron chi connectivity index (χ2n) is 4.56. The predicted molar refractivity (Wildman–Crippen MR) is 71.0 cm³/mol. The summed E-state index contributed by atoms with van der Waals surface area (Å²) in [6.45, 7) is 1.95. The van der Waals surface area contributed by atoms with E-state index >= 15 is 0 Å². The van der Waals surface area contributed by atoms with Crippen molar-refractivity contribution in [3.8, 4) is 0 Å². The number of nitrogens with zero attached hydrogens (tertiary/aromatic N) is 3. The molecule has 1 aliphatic heterocycles. The molecule has 20 heavy (non-hydrogen) atoms. The van der Waals surface area contributed by atoms with Gasteiger partial charge in [0.1, 0.15) is 0 Å². The molecule has 1 heterocycles. The van der Waals surface area contributed by atoms with Crippen LogP contribution >= 0.6 is 0 Å². The number of non-ortho nitro benzene ring substituents is 1.